The number of ether oxygens (including phenoxy) is 4. The molecule has 3 radical (unpaired) electrons. The minimum absolute atomic E-state index is 0. The van der Waals surface area contributed by atoms with E-state index in [9.17, 15) is 19.2 Å². The Balaban J connectivity index is 0. The molecule has 0 spiro atoms. The molecule has 1 saturated heterocycles. The Kier molecular flexibility index (Phi) is 26.2. The number of hydrogen-bond donors (Lipinski definition) is 2. The molecule has 0 aliphatic carbocycles. The molecule has 19 heteroatoms. The van der Waals surface area contributed by atoms with E-state index in [1.54, 1.807) is 18.2 Å². The van der Waals surface area contributed by atoms with E-state index in [4.69, 9.17) is 44.5 Å². The number of halogens is 1. The molecule has 1 fully saturated rings. The van der Waals surface area contributed by atoms with Crippen molar-refractivity contribution in [3.63, 3.8) is 0 Å². The quantitative estimate of drug-likeness (QED) is 0.0838. The number of rotatable bonds is 7. The second kappa shape index (κ2) is 28.6. The van der Waals surface area contributed by atoms with Crippen molar-refractivity contribution >= 4 is 76.8 Å². The summed E-state index contributed by atoms with van der Waals surface area (Å²) < 4.78 is 33.7. The Morgan fingerprint density at radius 2 is 1.19 bits per heavy atom. The predicted molar refractivity (Wildman–Crippen MR) is 212 cm³/mol. The van der Waals surface area contributed by atoms with Gasteiger partial charge < -0.3 is 43.8 Å². The number of aliphatic hydroxyl groups excluding tert-OH is 1. The van der Waals surface area contributed by atoms with E-state index in [0.29, 0.717) is 34.7 Å². The van der Waals surface area contributed by atoms with E-state index < -0.39 is 23.5 Å². The molecular weight excluding hydrogens is 788 g/mol. The Morgan fingerprint density at radius 1 is 0.741 bits per heavy atom. The number of carboxylic acids is 1. The summed E-state index contributed by atoms with van der Waals surface area (Å²) in [5, 5.41) is 17.4. The molecule has 3 aromatic carbocycles. The van der Waals surface area contributed by atoms with Gasteiger partial charge in [0, 0.05) is 33.2 Å². The van der Waals surface area contributed by atoms with E-state index in [1.807, 2.05) is 39.8 Å². The minimum atomic E-state index is -1.00. The van der Waals surface area contributed by atoms with Gasteiger partial charge in [-0.15, -0.1) is 0 Å². The number of aliphatic hydroxyl groups is 1. The van der Waals surface area contributed by atoms with Gasteiger partial charge in [-0.25, -0.2) is 34.1 Å². The number of aromatic carboxylic acids is 1. The van der Waals surface area contributed by atoms with Gasteiger partial charge in [-0.3, -0.25) is 0 Å². The Labute approximate surface area is 365 Å². The first kappa shape index (κ1) is 53.2. The van der Waals surface area contributed by atoms with E-state index >= 15 is 0 Å². The molecule has 6 aromatic rings. The second-order valence-corrected chi connectivity index (χ2v) is 12.6. The maximum Gasteiger partial charge on any atom is 1.00 e. The molecule has 1 aliphatic rings. The van der Waals surface area contributed by atoms with Gasteiger partial charge in [0.05, 0.1) is 30.9 Å². The number of carbonyl (C=O) groups excluding carboxylic acids is 3. The summed E-state index contributed by atoms with van der Waals surface area (Å²) in [4.78, 5) is 55.0. The van der Waals surface area contributed by atoms with Gasteiger partial charge in [0.25, 0.3) is 0 Å². The maximum atomic E-state index is 11.7. The average Bonchev–Trinajstić information content (AvgIpc) is 4.01. The molecule has 1 aliphatic heterocycles. The van der Waals surface area contributed by atoms with Crippen LogP contribution >= 0.6 is 11.6 Å². The fourth-order valence-electron chi connectivity index (χ4n) is 4.11. The number of fused-ring (bicyclic) bond motifs is 3. The Hall–Kier alpha value is -4.78. The number of oxazole rings is 3. The Bertz CT molecular complexity index is 2120. The first-order chi connectivity index (χ1) is 26.4. The van der Waals surface area contributed by atoms with Crippen LogP contribution in [0, 0.1) is 11.8 Å². The van der Waals surface area contributed by atoms with Crippen LogP contribution in [0.4, 0.5) is 9.59 Å². The molecule has 307 valence electrons. The van der Waals surface area contributed by atoms with Crippen molar-refractivity contribution in [2.75, 3.05) is 26.4 Å². The van der Waals surface area contributed by atoms with Crippen molar-refractivity contribution in [2.45, 2.75) is 54.6 Å². The van der Waals surface area contributed by atoms with Crippen molar-refractivity contribution in [3.05, 3.63) is 90.5 Å². The molecule has 0 amide bonds. The third kappa shape index (κ3) is 19.6. The van der Waals surface area contributed by atoms with Crippen molar-refractivity contribution in [2.24, 2.45) is 11.8 Å². The van der Waals surface area contributed by atoms with Gasteiger partial charge in [-0.2, -0.15) is 0 Å². The van der Waals surface area contributed by atoms with Crippen molar-refractivity contribution in [1.82, 2.24) is 15.0 Å². The molecule has 3 aromatic heterocycles. The maximum absolute atomic E-state index is 11.7. The summed E-state index contributed by atoms with van der Waals surface area (Å²) in [5.74, 6) is -1.22. The molecule has 7 rings (SSSR count). The molecule has 4 heterocycles. The first-order valence-electron chi connectivity index (χ1n) is 17.0. The van der Waals surface area contributed by atoms with Crippen LogP contribution in [0.5, 0.6) is 0 Å². The van der Waals surface area contributed by atoms with Gasteiger partial charge in [0.1, 0.15) is 16.6 Å². The molecule has 16 nitrogen and oxygen atoms in total. The third-order valence-electron chi connectivity index (χ3n) is 6.79. The van der Waals surface area contributed by atoms with Gasteiger partial charge >= 0.3 is 53.1 Å². The third-order valence-corrected chi connectivity index (χ3v) is 6.90. The molecule has 0 atom stereocenters. The van der Waals surface area contributed by atoms with Crippen LogP contribution in [0.15, 0.2) is 87.0 Å². The zero-order chi connectivity index (χ0) is 40.2. The van der Waals surface area contributed by atoms with E-state index in [2.05, 4.69) is 24.4 Å². The number of benzene rings is 3. The van der Waals surface area contributed by atoms with E-state index in [1.165, 1.54) is 56.3 Å². The predicted octanol–water partition coefficient (Wildman–Crippen LogP) is 5.81. The van der Waals surface area contributed by atoms with Crippen LogP contribution in [0.1, 0.15) is 75.7 Å². The molecule has 0 bridgehead atoms. The van der Waals surface area contributed by atoms with Gasteiger partial charge in [0.15, 0.2) is 35.9 Å². The normalized spacial score (nSPS) is 11.0. The largest absolute Gasteiger partial charge is 1.00 e. The summed E-state index contributed by atoms with van der Waals surface area (Å²) in [6.45, 7) is 10.3. The zero-order valence-electron chi connectivity index (χ0n) is 33.2. The van der Waals surface area contributed by atoms with Crippen LogP contribution in [0.2, 0.25) is 0 Å². The molecule has 58 heavy (non-hydrogen) atoms. The number of aromatic nitrogens is 3. The van der Waals surface area contributed by atoms with Crippen LogP contribution in [-0.4, -0.2) is 83.5 Å². The first-order valence-corrected chi connectivity index (χ1v) is 17.4. The summed E-state index contributed by atoms with van der Waals surface area (Å²) >= 11 is 4.86. The standard InChI is InChI=1S/C13H13NO5.C8H5NO3.C8H7NO2.C5H9ClO2.C4H8O.CH4.B.Na.H/c1-8(2)6-17-13(16)19-12(15)9-3-4-10-11(5-9)18-7-14-10;10-8(11)5-1-2-6-7(3-5)12-4-9-6;10-4-6-1-2-7-8(3-6)11-5-9-7;1-4(2)3-8-5(6)7;1-2-4-5-3-1;;;;/h3-5,7-8H,6H2,1-2H3;1-4H,(H,10,11);1-3,5,10H,4H2;4H,3H2,1-2H3;1-4H2;1H4;;;/q;;;;;;;+1;-1. The summed E-state index contributed by atoms with van der Waals surface area (Å²) in [6, 6.07) is 14.6. The summed E-state index contributed by atoms with van der Waals surface area (Å²) in [6.07, 6.45) is 5.51. The second-order valence-electron chi connectivity index (χ2n) is 12.3. The van der Waals surface area contributed by atoms with Crippen LogP contribution in [0.25, 0.3) is 33.3 Å². The topological polar surface area (TPSA) is 224 Å². The van der Waals surface area contributed by atoms with Gasteiger partial charge in [0.2, 0.25) is 0 Å². The molecule has 0 unspecified atom stereocenters. The van der Waals surface area contributed by atoms with Gasteiger partial charge in [-0.1, -0.05) is 41.2 Å². The number of carboxylic acid groups (broad SMARTS) is 1. The fourth-order valence-corrected chi connectivity index (χ4v) is 4.17. The Morgan fingerprint density at radius 3 is 1.60 bits per heavy atom. The number of hydrogen-bond acceptors (Lipinski definition) is 15. The summed E-state index contributed by atoms with van der Waals surface area (Å²) in [5.41, 5.74) is 4.30. The number of carbonyl (C=O) groups is 4. The van der Waals surface area contributed by atoms with Gasteiger partial charge in [-0.05, 0) is 78.8 Å². The van der Waals surface area contributed by atoms with Crippen LogP contribution in [-0.2, 0) is 25.6 Å². The van der Waals surface area contributed by atoms with E-state index in [0.717, 1.165) is 29.9 Å². The van der Waals surface area contributed by atoms with Crippen LogP contribution in [0.3, 0.4) is 0 Å². The molecule has 0 saturated carbocycles. The molecular formula is C39H47BClN3NaO13. The monoisotopic (exact) mass is 834 g/mol. The van der Waals surface area contributed by atoms with Crippen molar-refractivity contribution < 1.29 is 92.6 Å². The van der Waals surface area contributed by atoms with Crippen LogP contribution < -0.4 is 29.6 Å². The SMILES string of the molecule is C.C1CCOC1.CC(C)COC(=O)Cl.CC(C)COC(=O)OC(=O)c1ccc2ncoc2c1.O=C(O)c1ccc2ncoc2c1.OCc1ccc2ncoc2c1.[B].[H-].[Na+]. The zero-order valence-corrected chi connectivity index (χ0v) is 35.0. The number of esters is 1. The minimum Gasteiger partial charge on any atom is -1.00 e. The average molecular weight is 835 g/mol. The number of nitrogens with zero attached hydrogens (tertiary/aromatic N) is 3. The van der Waals surface area contributed by atoms with Crippen molar-refractivity contribution in [3.8, 4) is 0 Å². The summed E-state index contributed by atoms with van der Waals surface area (Å²) in [7, 11) is 0. The smallest absolute Gasteiger partial charge is 1.00 e. The van der Waals surface area contributed by atoms with E-state index in [-0.39, 0.29) is 77.1 Å². The van der Waals surface area contributed by atoms with Crippen molar-refractivity contribution in [1.29, 1.82) is 0 Å². The molecule has 2 N–H and O–H groups in total. The fraction of sp³-hybridized carbons (Fsp3) is 0.359.